The molecule has 1 unspecified atom stereocenters. The molecule has 5 nitrogen and oxygen atoms in total. The minimum Gasteiger partial charge on any atom is -0.338 e. The molecule has 0 radical (unpaired) electrons. The van der Waals surface area contributed by atoms with Crippen LogP contribution in [0.15, 0.2) is 36.7 Å². The fraction of sp³-hybridized carbons (Fsp3) is 0.409. The number of anilines is 2. The lowest BCUT2D eigenvalue weighted by molar-refractivity contribution is -0.141. The Hall–Kier alpha value is -2.81. The van der Waals surface area contributed by atoms with Gasteiger partial charge in [0.15, 0.2) is 5.82 Å². The van der Waals surface area contributed by atoms with Crippen molar-refractivity contribution in [2.75, 3.05) is 25.5 Å². The van der Waals surface area contributed by atoms with Gasteiger partial charge in [-0.05, 0) is 57.1 Å². The van der Waals surface area contributed by atoms with E-state index in [2.05, 4.69) is 34.2 Å². The van der Waals surface area contributed by atoms with Gasteiger partial charge in [0, 0.05) is 29.3 Å². The van der Waals surface area contributed by atoms with Crippen molar-refractivity contribution < 1.29 is 17.6 Å². The summed E-state index contributed by atoms with van der Waals surface area (Å²) < 4.78 is 52.7. The van der Waals surface area contributed by atoms with Crippen LogP contribution in [0.25, 0.3) is 10.9 Å². The third-order valence-electron chi connectivity index (χ3n) is 5.94. The highest BCUT2D eigenvalue weighted by molar-refractivity contribution is 5.81. The van der Waals surface area contributed by atoms with Gasteiger partial charge in [0.25, 0.3) is 0 Å². The van der Waals surface area contributed by atoms with Crippen LogP contribution in [0.2, 0.25) is 0 Å². The zero-order valence-electron chi connectivity index (χ0n) is 17.2. The van der Waals surface area contributed by atoms with Crippen molar-refractivity contribution in [1.82, 2.24) is 19.9 Å². The molecule has 4 rings (SSSR count). The van der Waals surface area contributed by atoms with Gasteiger partial charge in [-0.25, -0.2) is 14.4 Å². The SMILES string of the molecule is CC(c1ccc2cnc(Nc3cc(C(F)(F)F)ncc3F)cc2n1)C1CCN(C)CC1. The fourth-order valence-electron chi connectivity index (χ4n) is 3.95. The number of halogens is 4. The predicted octanol–water partition coefficient (Wildman–Crippen LogP) is 5.37. The quantitative estimate of drug-likeness (QED) is 0.561. The van der Waals surface area contributed by atoms with E-state index in [0.29, 0.717) is 23.7 Å². The van der Waals surface area contributed by atoms with Gasteiger partial charge in [-0.2, -0.15) is 13.2 Å². The lowest BCUT2D eigenvalue weighted by Crippen LogP contribution is -2.32. The van der Waals surface area contributed by atoms with Gasteiger partial charge in [-0.1, -0.05) is 6.92 Å². The van der Waals surface area contributed by atoms with E-state index < -0.39 is 17.7 Å². The summed E-state index contributed by atoms with van der Waals surface area (Å²) in [5.41, 5.74) is 0.100. The maximum atomic E-state index is 14.0. The molecule has 3 aromatic heterocycles. The lowest BCUT2D eigenvalue weighted by Gasteiger charge is -2.32. The van der Waals surface area contributed by atoms with Gasteiger partial charge in [-0.3, -0.25) is 4.98 Å². The average molecular weight is 433 g/mol. The molecule has 1 saturated heterocycles. The zero-order valence-corrected chi connectivity index (χ0v) is 17.2. The monoisotopic (exact) mass is 433 g/mol. The van der Waals surface area contributed by atoms with Crippen LogP contribution in [0.5, 0.6) is 0 Å². The maximum absolute atomic E-state index is 14.0. The predicted molar refractivity (Wildman–Crippen MR) is 111 cm³/mol. The van der Waals surface area contributed by atoms with Gasteiger partial charge >= 0.3 is 6.18 Å². The molecule has 9 heteroatoms. The Bertz CT molecular complexity index is 1080. The number of nitrogens with one attached hydrogen (secondary N) is 1. The molecular formula is C22H23F4N5. The van der Waals surface area contributed by atoms with Crippen LogP contribution >= 0.6 is 0 Å². The summed E-state index contributed by atoms with van der Waals surface area (Å²) in [4.78, 5) is 14.4. The number of piperidine rings is 1. The third-order valence-corrected chi connectivity index (χ3v) is 5.94. The van der Waals surface area contributed by atoms with Crippen LogP contribution in [0.3, 0.4) is 0 Å². The molecular weight excluding hydrogens is 410 g/mol. The molecule has 4 heterocycles. The fourth-order valence-corrected chi connectivity index (χ4v) is 3.95. The van der Waals surface area contributed by atoms with Crippen LogP contribution in [0, 0.1) is 11.7 Å². The number of fused-ring (bicyclic) bond motifs is 1. The van der Waals surface area contributed by atoms with Crippen LogP contribution in [0.4, 0.5) is 29.1 Å². The Morgan fingerprint density at radius 2 is 1.84 bits per heavy atom. The van der Waals surface area contributed by atoms with Crippen molar-refractivity contribution in [3.8, 4) is 0 Å². The van der Waals surface area contributed by atoms with Crippen molar-refractivity contribution in [2.24, 2.45) is 5.92 Å². The van der Waals surface area contributed by atoms with E-state index in [0.717, 1.165) is 37.0 Å². The van der Waals surface area contributed by atoms with Crippen molar-refractivity contribution in [2.45, 2.75) is 31.9 Å². The van der Waals surface area contributed by atoms with Crippen LogP contribution in [0.1, 0.15) is 37.1 Å². The smallest absolute Gasteiger partial charge is 0.338 e. The standard InChI is InChI=1S/C22H23F4N5/c1-13(14-5-7-31(2)8-6-14)17-4-3-15-11-28-21(10-18(15)29-17)30-19-9-20(22(24,25)26)27-12-16(19)23/h3-4,9-14H,5-8H2,1-2H3,(H,27,28,30). The van der Waals surface area contributed by atoms with E-state index in [-0.39, 0.29) is 17.4 Å². The molecule has 164 valence electrons. The first kappa shape index (κ1) is 21.4. The summed E-state index contributed by atoms with van der Waals surface area (Å²) in [6.07, 6.45) is -0.321. The minimum atomic E-state index is -4.67. The van der Waals surface area contributed by atoms with Gasteiger partial charge in [0.1, 0.15) is 11.5 Å². The second kappa shape index (κ2) is 8.37. The average Bonchev–Trinajstić information content (AvgIpc) is 2.74. The van der Waals surface area contributed by atoms with Crippen molar-refractivity contribution >= 4 is 22.4 Å². The second-order valence-electron chi connectivity index (χ2n) is 8.10. The van der Waals surface area contributed by atoms with Crippen molar-refractivity contribution in [1.29, 1.82) is 0 Å². The molecule has 0 aliphatic carbocycles. The lowest BCUT2D eigenvalue weighted by atomic mass is 9.83. The zero-order chi connectivity index (χ0) is 22.2. The molecule has 3 aromatic rings. The Kier molecular flexibility index (Phi) is 5.79. The summed E-state index contributed by atoms with van der Waals surface area (Å²) in [6.45, 7) is 4.31. The number of aromatic nitrogens is 3. The van der Waals surface area contributed by atoms with Crippen molar-refractivity contribution in [3.63, 3.8) is 0 Å². The summed E-state index contributed by atoms with van der Waals surface area (Å²) in [5, 5.41) is 3.42. The van der Waals surface area contributed by atoms with Crippen LogP contribution < -0.4 is 5.32 Å². The molecule has 1 atom stereocenters. The van der Waals surface area contributed by atoms with E-state index in [1.807, 2.05) is 12.1 Å². The van der Waals surface area contributed by atoms with Gasteiger partial charge in [0.2, 0.25) is 0 Å². The first-order chi connectivity index (χ1) is 14.7. The first-order valence-corrected chi connectivity index (χ1v) is 10.2. The number of likely N-dealkylation sites (tertiary alicyclic amines) is 1. The number of pyridine rings is 3. The third kappa shape index (κ3) is 4.76. The topological polar surface area (TPSA) is 53.9 Å². The molecule has 0 spiro atoms. The highest BCUT2D eigenvalue weighted by atomic mass is 19.4. The Morgan fingerprint density at radius 1 is 1.10 bits per heavy atom. The molecule has 0 bridgehead atoms. The number of alkyl halides is 3. The first-order valence-electron chi connectivity index (χ1n) is 10.2. The van der Waals surface area contributed by atoms with E-state index in [1.54, 1.807) is 12.3 Å². The summed E-state index contributed by atoms with van der Waals surface area (Å²) in [5.74, 6) is 0.150. The highest BCUT2D eigenvalue weighted by Crippen LogP contribution is 2.33. The molecule has 1 aliphatic heterocycles. The molecule has 0 aromatic carbocycles. The summed E-state index contributed by atoms with van der Waals surface area (Å²) >= 11 is 0. The normalized spacial score (nSPS) is 17.1. The molecule has 1 N–H and O–H groups in total. The van der Waals surface area contributed by atoms with Crippen molar-refractivity contribution in [3.05, 3.63) is 53.9 Å². The molecule has 1 aliphatic rings. The maximum Gasteiger partial charge on any atom is 0.433 e. The van der Waals surface area contributed by atoms with E-state index in [9.17, 15) is 17.6 Å². The molecule has 1 fully saturated rings. The molecule has 0 amide bonds. The number of rotatable bonds is 4. The van der Waals surface area contributed by atoms with Gasteiger partial charge in [0.05, 0.1) is 17.4 Å². The largest absolute Gasteiger partial charge is 0.433 e. The van der Waals surface area contributed by atoms with E-state index >= 15 is 0 Å². The Morgan fingerprint density at radius 3 is 2.55 bits per heavy atom. The summed E-state index contributed by atoms with van der Waals surface area (Å²) in [6, 6.07) is 6.19. The number of hydrogen-bond donors (Lipinski definition) is 1. The van der Waals surface area contributed by atoms with Gasteiger partial charge < -0.3 is 10.2 Å². The second-order valence-corrected chi connectivity index (χ2v) is 8.10. The van der Waals surface area contributed by atoms with E-state index in [4.69, 9.17) is 4.98 Å². The number of nitrogens with zero attached hydrogens (tertiary/aromatic N) is 4. The van der Waals surface area contributed by atoms with Gasteiger partial charge in [-0.15, -0.1) is 0 Å². The van der Waals surface area contributed by atoms with E-state index in [1.165, 1.54) is 0 Å². The summed E-state index contributed by atoms with van der Waals surface area (Å²) in [7, 11) is 2.12. The highest BCUT2D eigenvalue weighted by Gasteiger charge is 2.33. The van der Waals surface area contributed by atoms with Crippen LogP contribution in [-0.4, -0.2) is 40.0 Å². The molecule has 31 heavy (non-hydrogen) atoms. The minimum absolute atomic E-state index is 0.210. The van der Waals surface area contributed by atoms with Crippen LogP contribution in [-0.2, 0) is 6.18 Å². The number of hydrogen-bond acceptors (Lipinski definition) is 5. The molecule has 0 saturated carbocycles. The Labute approximate surface area is 177 Å². The Balaban J connectivity index is 1.59.